The number of amides is 2. The van der Waals surface area contributed by atoms with Gasteiger partial charge in [-0.25, -0.2) is 4.79 Å². The fourth-order valence-electron chi connectivity index (χ4n) is 2.64. The van der Waals surface area contributed by atoms with Gasteiger partial charge in [-0.15, -0.1) is 0 Å². The first-order chi connectivity index (χ1) is 13.1. The molecule has 0 unspecified atom stereocenters. The number of rotatable bonds is 4. The first-order valence-electron chi connectivity index (χ1n) is 8.40. The van der Waals surface area contributed by atoms with Crippen molar-refractivity contribution in [3.8, 4) is 0 Å². The monoisotopic (exact) mass is 369 g/mol. The van der Waals surface area contributed by atoms with Gasteiger partial charge in [0, 0.05) is 31.2 Å². The van der Waals surface area contributed by atoms with Crippen LogP contribution in [-0.4, -0.2) is 61.1 Å². The van der Waals surface area contributed by atoms with Crippen molar-refractivity contribution in [2.24, 2.45) is 0 Å². The number of nitrogens with one attached hydrogen (secondary N) is 1. The highest BCUT2D eigenvalue weighted by Gasteiger charge is 2.20. The summed E-state index contributed by atoms with van der Waals surface area (Å²) in [5, 5.41) is 2.71. The van der Waals surface area contributed by atoms with Gasteiger partial charge in [0.05, 0.1) is 37.0 Å². The molecular weight excluding hydrogens is 350 g/mol. The van der Waals surface area contributed by atoms with Crippen molar-refractivity contribution < 1.29 is 23.9 Å². The van der Waals surface area contributed by atoms with Crippen molar-refractivity contribution in [1.82, 2.24) is 9.88 Å². The fraction of sp³-hybridized carbons (Fsp3) is 0.263. The summed E-state index contributed by atoms with van der Waals surface area (Å²) in [6, 6.07) is 7.82. The van der Waals surface area contributed by atoms with E-state index in [9.17, 15) is 14.4 Å². The van der Waals surface area contributed by atoms with Crippen molar-refractivity contribution in [3.63, 3.8) is 0 Å². The predicted octanol–water partition coefficient (Wildman–Crippen LogP) is 1.59. The highest BCUT2D eigenvalue weighted by Crippen LogP contribution is 2.14. The molecule has 2 aromatic rings. The lowest BCUT2D eigenvalue weighted by molar-refractivity contribution is 0.0302. The third-order valence-corrected chi connectivity index (χ3v) is 4.11. The Morgan fingerprint density at radius 1 is 1.04 bits per heavy atom. The van der Waals surface area contributed by atoms with Crippen molar-refractivity contribution in [2.45, 2.75) is 0 Å². The second-order valence-corrected chi connectivity index (χ2v) is 5.89. The number of methoxy groups -OCH3 is 1. The van der Waals surface area contributed by atoms with Gasteiger partial charge in [-0.1, -0.05) is 0 Å². The molecule has 8 heteroatoms. The number of pyridine rings is 1. The zero-order valence-corrected chi connectivity index (χ0v) is 14.8. The molecule has 0 radical (unpaired) electrons. The molecule has 3 rings (SSSR count). The molecule has 0 bridgehead atoms. The van der Waals surface area contributed by atoms with Gasteiger partial charge in [0.2, 0.25) is 0 Å². The van der Waals surface area contributed by atoms with Gasteiger partial charge in [-0.3, -0.25) is 14.6 Å². The molecule has 8 nitrogen and oxygen atoms in total. The minimum Gasteiger partial charge on any atom is -0.465 e. The zero-order chi connectivity index (χ0) is 19.2. The van der Waals surface area contributed by atoms with Gasteiger partial charge in [-0.2, -0.15) is 0 Å². The van der Waals surface area contributed by atoms with E-state index in [1.165, 1.54) is 25.6 Å². The average molecular weight is 369 g/mol. The van der Waals surface area contributed by atoms with E-state index in [-0.39, 0.29) is 11.5 Å². The molecule has 1 N–H and O–H groups in total. The lowest BCUT2D eigenvalue weighted by Gasteiger charge is -2.26. The molecule has 1 aliphatic rings. The normalized spacial score (nSPS) is 13.7. The summed E-state index contributed by atoms with van der Waals surface area (Å²) >= 11 is 0. The van der Waals surface area contributed by atoms with E-state index < -0.39 is 11.9 Å². The van der Waals surface area contributed by atoms with Gasteiger partial charge in [0.1, 0.15) is 0 Å². The highest BCUT2D eigenvalue weighted by atomic mass is 16.5. The van der Waals surface area contributed by atoms with E-state index in [2.05, 4.69) is 15.0 Å². The number of anilines is 1. The van der Waals surface area contributed by atoms with E-state index >= 15 is 0 Å². The molecule has 1 aromatic heterocycles. The lowest BCUT2D eigenvalue weighted by atomic mass is 10.1. The number of hydrogen-bond donors (Lipinski definition) is 1. The third-order valence-electron chi connectivity index (χ3n) is 4.11. The summed E-state index contributed by atoms with van der Waals surface area (Å²) in [6.45, 7) is 2.03. The second kappa shape index (κ2) is 8.41. The van der Waals surface area contributed by atoms with Crippen molar-refractivity contribution in [1.29, 1.82) is 0 Å². The molecule has 1 saturated heterocycles. The number of carbonyl (C=O) groups excluding carboxylic acids is 3. The smallest absolute Gasteiger partial charge is 0.337 e. The minimum absolute atomic E-state index is 0.178. The number of aromatic nitrogens is 1. The van der Waals surface area contributed by atoms with Crippen LogP contribution in [-0.2, 0) is 9.47 Å². The average Bonchev–Trinajstić information content (AvgIpc) is 2.74. The van der Waals surface area contributed by atoms with Gasteiger partial charge in [0.25, 0.3) is 11.8 Å². The maximum Gasteiger partial charge on any atom is 0.337 e. The van der Waals surface area contributed by atoms with Crippen LogP contribution in [0.3, 0.4) is 0 Å². The van der Waals surface area contributed by atoms with Gasteiger partial charge >= 0.3 is 5.97 Å². The first-order valence-corrected chi connectivity index (χ1v) is 8.40. The highest BCUT2D eigenvalue weighted by molar-refractivity contribution is 6.06. The summed E-state index contributed by atoms with van der Waals surface area (Å²) in [4.78, 5) is 42.1. The topological polar surface area (TPSA) is 97.8 Å². The number of hydrogen-bond acceptors (Lipinski definition) is 6. The van der Waals surface area contributed by atoms with Crippen LogP contribution in [0, 0.1) is 0 Å². The Labute approximate surface area is 156 Å². The lowest BCUT2D eigenvalue weighted by Crippen LogP contribution is -2.40. The standard InChI is InChI=1S/C19H19N3O5/c1-26-19(25)13-2-4-16(5-3-13)21-17(23)14-10-15(12-20-11-14)18(24)22-6-8-27-9-7-22/h2-5,10-12H,6-9H2,1H3,(H,21,23). The van der Waals surface area contributed by atoms with Crippen LogP contribution >= 0.6 is 0 Å². The van der Waals surface area contributed by atoms with E-state index in [0.717, 1.165) is 0 Å². The van der Waals surface area contributed by atoms with E-state index in [0.29, 0.717) is 43.1 Å². The van der Waals surface area contributed by atoms with E-state index in [1.807, 2.05) is 0 Å². The molecule has 0 atom stereocenters. The maximum absolute atomic E-state index is 12.5. The maximum atomic E-state index is 12.5. The summed E-state index contributed by atoms with van der Waals surface area (Å²) in [5.41, 5.74) is 1.52. The van der Waals surface area contributed by atoms with Crippen LogP contribution in [0.25, 0.3) is 0 Å². The van der Waals surface area contributed by atoms with Crippen LogP contribution in [0.1, 0.15) is 31.1 Å². The molecule has 0 aliphatic carbocycles. The molecule has 1 fully saturated rings. The van der Waals surface area contributed by atoms with Crippen LogP contribution < -0.4 is 5.32 Å². The van der Waals surface area contributed by atoms with Crippen LogP contribution in [0.4, 0.5) is 5.69 Å². The summed E-state index contributed by atoms with van der Waals surface area (Å²) < 4.78 is 9.88. The summed E-state index contributed by atoms with van der Waals surface area (Å²) in [5.74, 6) is -1.03. The van der Waals surface area contributed by atoms with Crippen molar-refractivity contribution >= 4 is 23.5 Å². The number of morpholine rings is 1. The molecule has 1 aromatic carbocycles. The molecule has 27 heavy (non-hydrogen) atoms. The number of ether oxygens (including phenoxy) is 2. The zero-order valence-electron chi connectivity index (χ0n) is 14.8. The quantitative estimate of drug-likeness (QED) is 0.822. The first kappa shape index (κ1) is 18.5. The molecule has 1 aliphatic heterocycles. The van der Waals surface area contributed by atoms with Gasteiger partial charge < -0.3 is 19.7 Å². The Morgan fingerprint density at radius 2 is 1.70 bits per heavy atom. The van der Waals surface area contributed by atoms with Crippen LogP contribution in [0.2, 0.25) is 0 Å². The van der Waals surface area contributed by atoms with E-state index in [4.69, 9.17) is 4.74 Å². The number of carbonyl (C=O) groups is 3. The van der Waals surface area contributed by atoms with E-state index in [1.54, 1.807) is 29.2 Å². The Balaban J connectivity index is 1.69. The van der Waals surface area contributed by atoms with Crippen molar-refractivity contribution in [3.05, 3.63) is 59.4 Å². The van der Waals surface area contributed by atoms with Gasteiger partial charge in [0.15, 0.2) is 0 Å². The fourth-order valence-corrected chi connectivity index (χ4v) is 2.64. The number of esters is 1. The molecule has 140 valence electrons. The molecular formula is C19H19N3O5. The Bertz CT molecular complexity index is 845. The largest absolute Gasteiger partial charge is 0.465 e. The molecule has 0 spiro atoms. The third kappa shape index (κ3) is 4.48. The van der Waals surface area contributed by atoms with Crippen molar-refractivity contribution in [2.75, 3.05) is 38.7 Å². The number of nitrogens with zero attached hydrogens (tertiary/aromatic N) is 2. The Hall–Kier alpha value is -3.26. The summed E-state index contributed by atoms with van der Waals surface area (Å²) in [7, 11) is 1.30. The minimum atomic E-state index is -0.452. The van der Waals surface area contributed by atoms with Gasteiger partial charge in [-0.05, 0) is 30.3 Å². The number of benzene rings is 1. The SMILES string of the molecule is COC(=O)c1ccc(NC(=O)c2cncc(C(=O)N3CCOCC3)c2)cc1. The predicted molar refractivity (Wildman–Crippen MR) is 96.7 cm³/mol. The Kier molecular flexibility index (Phi) is 5.77. The summed E-state index contributed by atoms with van der Waals surface area (Å²) in [6.07, 6.45) is 2.84. The Morgan fingerprint density at radius 3 is 2.37 bits per heavy atom. The molecule has 0 saturated carbocycles. The second-order valence-electron chi connectivity index (χ2n) is 5.89. The van der Waals surface area contributed by atoms with Crippen LogP contribution in [0.15, 0.2) is 42.7 Å². The molecule has 2 amide bonds. The van der Waals surface area contributed by atoms with Crippen LogP contribution in [0.5, 0.6) is 0 Å². The molecule has 2 heterocycles.